The summed E-state index contributed by atoms with van der Waals surface area (Å²) in [5.74, 6) is -1.68. The molecule has 0 aliphatic carbocycles. The van der Waals surface area contributed by atoms with Gasteiger partial charge in [0.05, 0.1) is 19.8 Å². The molecule has 1 fully saturated rings. The summed E-state index contributed by atoms with van der Waals surface area (Å²) >= 11 is 0. The van der Waals surface area contributed by atoms with Gasteiger partial charge in [-0.2, -0.15) is 5.26 Å². The number of hydrogen-bond donors (Lipinski definition) is 3. The van der Waals surface area contributed by atoms with Gasteiger partial charge in [0.25, 0.3) is 5.91 Å². The average molecular weight is 523 g/mol. The number of amides is 2. The van der Waals surface area contributed by atoms with Crippen molar-refractivity contribution in [2.24, 2.45) is 0 Å². The summed E-state index contributed by atoms with van der Waals surface area (Å²) in [5.41, 5.74) is 1.40. The second-order valence-electron chi connectivity index (χ2n) is 8.68. The van der Waals surface area contributed by atoms with E-state index in [1.165, 1.54) is 41.0 Å². The Morgan fingerprint density at radius 1 is 1.08 bits per heavy atom. The van der Waals surface area contributed by atoms with Gasteiger partial charge in [0.2, 0.25) is 5.91 Å². The Labute approximate surface area is 220 Å². The zero-order valence-corrected chi connectivity index (χ0v) is 21.0. The number of nitriles is 1. The van der Waals surface area contributed by atoms with Crippen LogP contribution in [0.3, 0.4) is 0 Å². The lowest BCUT2D eigenvalue weighted by atomic mass is 10.1. The summed E-state index contributed by atoms with van der Waals surface area (Å²) < 4.78 is 0. The van der Waals surface area contributed by atoms with Crippen LogP contribution >= 0.6 is 0 Å². The van der Waals surface area contributed by atoms with Crippen molar-refractivity contribution < 1.29 is 34.5 Å². The van der Waals surface area contributed by atoms with Crippen LogP contribution in [0.1, 0.15) is 23.6 Å². The molecular formula is C27H30N4O7. The largest absolute Gasteiger partial charge is 0.508 e. The summed E-state index contributed by atoms with van der Waals surface area (Å²) in [6.45, 7) is 0.971. The Balaban J connectivity index is 1.67. The van der Waals surface area contributed by atoms with E-state index in [0.717, 1.165) is 10.6 Å². The highest BCUT2D eigenvalue weighted by molar-refractivity contribution is 6.01. The van der Waals surface area contributed by atoms with Crippen LogP contribution in [0.2, 0.25) is 0 Å². The number of hydroxylamine groups is 2. The predicted molar refractivity (Wildman–Crippen MR) is 135 cm³/mol. The van der Waals surface area contributed by atoms with Crippen LogP contribution in [-0.2, 0) is 32.4 Å². The van der Waals surface area contributed by atoms with E-state index in [9.17, 15) is 35.0 Å². The van der Waals surface area contributed by atoms with E-state index in [4.69, 9.17) is 4.84 Å². The number of nitrogens with zero attached hydrogens (tertiary/aromatic N) is 4. The molecule has 1 atom stereocenters. The average Bonchev–Trinajstić information content (AvgIpc) is 2.92. The van der Waals surface area contributed by atoms with E-state index in [0.29, 0.717) is 5.56 Å². The number of phenols is 1. The first-order valence-electron chi connectivity index (χ1n) is 12.0. The third kappa shape index (κ3) is 7.17. The van der Waals surface area contributed by atoms with E-state index < -0.39 is 37.0 Å². The van der Waals surface area contributed by atoms with Crippen molar-refractivity contribution in [3.05, 3.63) is 70.8 Å². The molecule has 1 aliphatic heterocycles. The monoisotopic (exact) mass is 522 g/mol. The molecule has 0 saturated carbocycles. The molecule has 0 unspecified atom stereocenters. The van der Waals surface area contributed by atoms with Crippen LogP contribution in [0.25, 0.3) is 6.08 Å². The Morgan fingerprint density at radius 2 is 1.74 bits per heavy atom. The standard InChI is InChI=1S/C27H30N4O7/c1-19(34)38-31(16-20-5-3-2-4-6-20)24(18-33)27(37)30-11-9-29(10-12-30)26(36)22(15-28)13-21-7-8-25(35)23(14-21)17-32/h2-8,13-14,24,32-33,35H,9-12,16-18H2,1H3/b22-13+/t24-/m1/s1. The summed E-state index contributed by atoms with van der Waals surface area (Å²) in [5, 5.41) is 39.8. The molecule has 11 heteroatoms. The van der Waals surface area contributed by atoms with Crippen LogP contribution in [-0.4, -0.2) is 86.8 Å². The maximum atomic E-state index is 13.3. The van der Waals surface area contributed by atoms with Crippen LogP contribution in [0.15, 0.2) is 54.1 Å². The summed E-state index contributed by atoms with van der Waals surface area (Å²) in [6, 6.07) is 14.2. The molecule has 3 rings (SSSR count). The number of carbonyl (C=O) groups excluding carboxylic acids is 3. The maximum Gasteiger partial charge on any atom is 0.322 e. The number of aliphatic hydroxyl groups is 2. The summed E-state index contributed by atoms with van der Waals surface area (Å²) in [7, 11) is 0. The molecule has 11 nitrogen and oxygen atoms in total. The molecule has 2 amide bonds. The molecule has 3 N–H and O–H groups in total. The lowest BCUT2D eigenvalue weighted by Crippen LogP contribution is -2.57. The number of aromatic hydroxyl groups is 1. The Kier molecular flexibility index (Phi) is 9.95. The van der Waals surface area contributed by atoms with E-state index in [2.05, 4.69) is 0 Å². The molecule has 1 saturated heterocycles. The first-order chi connectivity index (χ1) is 18.3. The quantitative estimate of drug-likeness (QED) is 0.246. The smallest absolute Gasteiger partial charge is 0.322 e. The molecule has 2 aromatic rings. The Hall–Kier alpha value is -4.24. The maximum absolute atomic E-state index is 13.3. The van der Waals surface area contributed by atoms with Gasteiger partial charge in [-0.25, -0.2) is 0 Å². The van der Waals surface area contributed by atoms with Gasteiger partial charge in [0.15, 0.2) is 0 Å². The van der Waals surface area contributed by atoms with Crippen molar-refractivity contribution in [1.82, 2.24) is 14.9 Å². The zero-order chi connectivity index (χ0) is 27.7. The van der Waals surface area contributed by atoms with E-state index >= 15 is 0 Å². The van der Waals surface area contributed by atoms with Crippen molar-refractivity contribution in [3.63, 3.8) is 0 Å². The van der Waals surface area contributed by atoms with E-state index in [1.54, 1.807) is 0 Å². The first-order valence-corrected chi connectivity index (χ1v) is 12.0. The molecule has 0 radical (unpaired) electrons. The van der Waals surface area contributed by atoms with Gasteiger partial charge < -0.3 is 30.0 Å². The van der Waals surface area contributed by atoms with Gasteiger partial charge in [-0.1, -0.05) is 36.4 Å². The topological polar surface area (TPSA) is 155 Å². The van der Waals surface area contributed by atoms with E-state index in [-0.39, 0.29) is 49.6 Å². The number of aliphatic hydroxyl groups excluding tert-OH is 2. The fraction of sp³-hybridized carbons (Fsp3) is 0.333. The molecule has 38 heavy (non-hydrogen) atoms. The van der Waals surface area contributed by atoms with Gasteiger partial charge in [-0.15, -0.1) is 5.06 Å². The molecule has 200 valence electrons. The highest BCUT2D eigenvalue weighted by Crippen LogP contribution is 2.21. The van der Waals surface area contributed by atoms with Gasteiger partial charge in [0, 0.05) is 38.7 Å². The summed E-state index contributed by atoms with van der Waals surface area (Å²) in [4.78, 5) is 46.1. The molecule has 0 spiro atoms. The lowest BCUT2D eigenvalue weighted by molar-refractivity contribution is -0.210. The Bertz CT molecular complexity index is 1220. The molecular weight excluding hydrogens is 492 g/mol. The SMILES string of the molecule is CC(=O)ON(Cc1ccccc1)[C@H](CO)C(=O)N1CCN(C(=O)/C(C#N)=C/c2ccc(O)c(CO)c2)CC1. The van der Waals surface area contributed by atoms with Gasteiger partial charge in [-0.3, -0.25) is 14.4 Å². The first kappa shape index (κ1) is 28.3. The lowest BCUT2D eigenvalue weighted by Gasteiger charge is -2.37. The molecule has 2 aromatic carbocycles. The van der Waals surface area contributed by atoms with Gasteiger partial charge >= 0.3 is 5.97 Å². The van der Waals surface area contributed by atoms with Crippen molar-refractivity contribution in [2.45, 2.75) is 26.1 Å². The number of carbonyl (C=O) groups is 3. The minimum Gasteiger partial charge on any atom is -0.508 e. The minimum absolute atomic E-state index is 0.0903. The highest BCUT2D eigenvalue weighted by Gasteiger charge is 2.34. The third-order valence-corrected chi connectivity index (χ3v) is 6.05. The number of piperazine rings is 1. The second-order valence-corrected chi connectivity index (χ2v) is 8.68. The number of benzene rings is 2. The fourth-order valence-corrected chi connectivity index (χ4v) is 4.07. The normalized spacial score (nSPS) is 14.7. The molecule has 0 aromatic heterocycles. The number of hydrogen-bond acceptors (Lipinski definition) is 9. The van der Waals surface area contributed by atoms with Crippen LogP contribution in [0.4, 0.5) is 0 Å². The molecule has 1 heterocycles. The second kappa shape index (κ2) is 13.3. The fourth-order valence-electron chi connectivity index (χ4n) is 4.07. The van der Waals surface area contributed by atoms with Gasteiger partial charge in [-0.05, 0) is 29.3 Å². The van der Waals surface area contributed by atoms with Crippen LogP contribution in [0, 0.1) is 11.3 Å². The van der Waals surface area contributed by atoms with Crippen LogP contribution in [0.5, 0.6) is 5.75 Å². The van der Waals surface area contributed by atoms with E-state index in [1.807, 2.05) is 36.4 Å². The van der Waals surface area contributed by atoms with Crippen molar-refractivity contribution in [3.8, 4) is 11.8 Å². The third-order valence-electron chi connectivity index (χ3n) is 6.05. The van der Waals surface area contributed by atoms with Crippen molar-refractivity contribution in [2.75, 3.05) is 32.8 Å². The Morgan fingerprint density at radius 3 is 2.32 bits per heavy atom. The predicted octanol–water partition coefficient (Wildman–Crippen LogP) is 0.803. The molecule has 0 bridgehead atoms. The zero-order valence-electron chi connectivity index (χ0n) is 21.0. The highest BCUT2D eigenvalue weighted by atomic mass is 16.7. The van der Waals surface area contributed by atoms with Crippen LogP contribution < -0.4 is 0 Å². The van der Waals surface area contributed by atoms with Crippen molar-refractivity contribution >= 4 is 23.9 Å². The number of rotatable bonds is 9. The minimum atomic E-state index is -1.13. The van der Waals surface area contributed by atoms with Gasteiger partial charge in [0.1, 0.15) is 23.4 Å². The molecule has 1 aliphatic rings. The summed E-state index contributed by atoms with van der Waals surface area (Å²) in [6.07, 6.45) is 1.38. The van der Waals surface area contributed by atoms with Crippen molar-refractivity contribution in [1.29, 1.82) is 5.26 Å².